The van der Waals surface area contributed by atoms with E-state index in [4.69, 9.17) is 22.4 Å². The van der Waals surface area contributed by atoms with E-state index in [2.05, 4.69) is 0 Å². The summed E-state index contributed by atoms with van der Waals surface area (Å²) in [5.41, 5.74) is 5.58. The van der Waals surface area contributed by atoms with Gasteiger partial charge in [0.05, 0.1) is 11.6 Å². The van der Waals surface area contributed by atoms with Crippen LogP contribution in [0.15, 0.2) is 29.2 Å². The number of nitrogens with two attached hydrogens (primary N) is 1. The second kappa shape index (κ2) is 6.30. The molecule has 1 atom stereocenters. The van der Waals surface area contributed by atoms with Crippen LogP contribution < -0.4 is 5.73 Å². The Kier molecular flexibility index (Phi) is 5.33. The highest BCUT2D eigenvalue weighted by molar-refractivity contribution is 7.99. The lowest BCUT2D eigenvalue weighted by atomic mass is 10.3. The molecule has 0 heterocycles. The van der Waals surface area contributed by atoms with E-state index < -0.39 is 0 Å². The number of rotatable bonds is 5. The van der Waals surface area contributed by atoms with E-state index >= 15 is 0 Å². The zero-order chi connectivity index (χ0) is 10.4. The molecule has 78 valence electrons. The summed E-state index contributed by atoms with van der Waals surface area (Å²) in [6.07, 6.45) is 0.798. The van der Waals surface area contributed by atoms with Gasteiger partial charge >= 0.3 is 0 Å². The van der Waals surface area contributed by atoms with Crippen LogP contribution in [0, 0.1) is 0 Å². The van der Waals surface area contributed by atoms with Gasteiger partial charge in [0.2, 0.25) is 0 Å². The van der Waals surface area contributed by atoms with E-state index in [1.807, 2.05) is 24.3 Å². The molecule has 0 aliphatic rings. The van der Waals surface area contributed by atoms with Crippen molar-refractivity contribution in [3.63, 3.8) is 0 Å². The Hall–Kier alpha value is -0.220. The maximum atomic E-state index is 8.73. The summed E-state index contributed by atoms with van der Waals surface area (Å²) < 4.78 is 0. The summed E-state index contributed by atoms with van der Waals surface area (Å²) in [5.74, 6) is 0.880. The van der Waals surface area contributed by atoms with Crippen molar-refractivity contribution in [3.05, 3.63) is 29.3 Å². The van der Waals surface area contributed by atoms with Crippen molar-refractivity contribution in [2.45, 2.75) is 17.4 Å². The maximum Gasteiger partial charge on any atom is 0.0582 e. The van der Waals surface area contributed by atoms with Gasteiger partial charge in [0.25, 0.3) is 0 Å². The predicted molar refractivity (Wildman–Crippen MR) is 61.9 cm³/mol. The van der Waals surface area contributed by atoms with E-state index in [0.717, 1.165) is 22.1 Å². The number of benzene rings is 1. The van der Waals surface area contributed by atoms with Crippen molar-refractivity contribution in [2.24, 2.45) is 5.73 Å². The Balaban J connectivity index is 2.35. The Bertz CT molecular complexity index is 283. The molecule has 0 saturated heterocycles. The first-order valence-electron chi connectivity index (χ1n) is 4.48. The predicted octanol–water partition coefficient (Wildman–Crippen LogP) is 2.14. The molecule has 1 aromatic carbocycles. The lowest BCUT2D eigenvalue weighted by Crippen LogP contribution is -2.24. The minimum Gasteiger partial charge on any atom is -0.395 e. The molecule has 0 fully saturated rings. The summed E-state index contributed by atoms with van der Waals surface area (Å²) >= 11 is 7.64. The molecule has 2 nitrogen and oxygen atoms in total. The van der Waals surface area contributed by atoms with Crippen molar-refractivity contribution in [1.82, 2.24) is 0 Å². The Labute approximate surface area is 93.5 Å². The number of aliphatic hydroxyl groups is 1. The van der Waals surface area contributed by atoms with Gasteiger partial charge in [0.15, 0.2) is 0 Å². The molecule has 1 unspecified atom stereocenters. The molecule has 0 spiro atoms. The molecular weight excluding hydrogens is 218 g/mol. The SMILES string of the molecule is NC(CO)CCSc1ccccc1Cl. The third-order valence-electron chi connectivity index (χ3n) is 1.82. The maximum absolute atomic E-state index is 8.73. The molecule has 0 aliphatic heterocycles. The van der Waals surface area contributed by atoms with E-state index in [9.17, 15) is 0 Å². The van der Waals surface area contributed by atoms with Gasteiger partial charge in [-0.05, 0) is 24.3 Å². The largest absolute Gasteiger partial charge is 0.395 e. The van der Waals surface area contributed by atoms with Gasteiger partial charge in [-0.1, -0.05) is 23.7 Å². The average molecular weight is 232 g/mol. The monoisotopic (exact) mass is 231 g/mol. The van der Waals surface area contributed by atoms with Crippen LogP contribution in [0.5, 0.6) is 0 Å². The zero-order valence-electron chi connectivity index (χ0n) is 7.82. The van der Waals surface area contributed by atoms with Gasteiger partial charge in [0, 0.05) is 10.9 Å². The van der Waals surface area contributed by atoms with Crippen molar-refractivity contribution in [2.75, 3.05) is 12.4 Å². The average Bonchev–Trinajstić information content (AvgIpc) is 2.20. The molecular formula is C10H14ClNOS. The third-order valence-corrected chi connectivity index (χ3v) is 3.37. The molecule has 14 heavy (non-hydrogen) atoms. The van der Waals surface area contributed by atoms with Gasteiger partial charge in [-0.2, -0.15) is 0 Å². The van der Waals surface area contributed by atoms with Crippen molar-refractivity contribution >= 4 is 23.4 Å². The van der Waals surface area contributed by atoms with E-state index in [1.165, 1.54) is 0 Å². The lowest BCUT2D eigenvalue weighted by molar-refractivity contribution is 0.264. The van der Waals surface area contributed by atoms with Gasteiger partial charge < -0.3 is 10.8 Å². The molecule has 3 N–H and O–H groups in total. The van der Waals surface area contributed by atoms with Crippen LogP contribution in [0.2, 0.25) is 5.02 Å². The fourth-order valence-corrected chi connectivity index (χ4v) is 2.29. The number of aliphatic hydroxyl groups excluding tert-OH is 1. The van der Waals surface area contributed by atoms with Gasteiger partial charge in [-0.15, -0.1) is 11.8 Å². The summed E-state index contributed by atoms with van der Waals surface area (Å²) in [6.45, 7) is 0.0447. The molecule has 4 heteroatoms. The van der Waals surface area contributed by atoms with Crippen LogP contribution >= 0.6 is 23.4 Å². The second-order valence-corrected chi connectivity index (χ2v) is 4.55. The Morgan fingerprint density at radius 1 is 1.43 bits per heavy atom. The molecule has 1 rings (SSSR count). The Morgan fingerprint density at radius 3 is 2.79 bits per heavy atom. The highest BCUT2D eigenvalue weighted by atomic mass is 35.5. The first-order chi connectivity index (χ1) is 6.74. The van der Waals surface area contributed by atoms with Crippen LogP contribution in [0.25, 0.3) is 0 Å². The molecule has 0 aromatic heterocycles. The number of hydrogen-bond donors (Lipinski definition) is 2. The number of halogens is 1. The number of thioether (sulfide) groups is 1. The quantitative estimate of drug-likeness (QED) is 0.764. The molecule has 0 saturated carbocycles. The molecule has 0 amide bonds. The normalized spacial score (nSPS) is 12.8. The summed E-state index contributed by atoms with van der Waals surface area (Å²) in [4.78, 5) is 1.07. The molecule has 0 aliphatic carbocycles. The Morgan fingerprint density at radius 2 is 2.14 bits per heavy atom. The highest BCUT2D eigenvalue weighted by Gasteiger charge is 2.02. The third kappa shape index (κ3) is 3.88. The van der Waals surface area contributed by atoms with Crippen molar-refractivity contribution in [1.29, 1.82) is 0 Å². The minimum atomic E-state index is -0.120. The van der Waals surface area contributed by atoms with Crippen LogP contribution in [-0.2, 0) is 0 Å². The smallest absolute Gasteiger partial charge is 0.0582 e. The van der Waals surface area contributed by atoms with Crippen LogP contribution in [0.4, 0.5) is 0 Å². The van der Waals surface area contributed by atoms with Crippen LogP contribution in [-0.4, -0.2) is 23.5 Å². The van der Waals surface area contributed by atoms with Crippen molar-refractivity contribution < 1.29 is 5.11 Å². The van der Waals surface area contributed by atoms with Crippen LogP contribution in [0.3, 0.4) is 0 Å². The van der Waals surface area contributed by atoms with Gasteiger partial charge in [-0.3, -0.25) is 0 Å². The van der Waals surface area contributed by atoms with E-state index in [1.54, 1.807) is 11.8 Å². The fourth-order valence-electron chi connectivity index (χ4n) is 0.973. The standard InChI is InChI=1S/C10H14ClNOS/c11-9-3-1-2-4-10(9)14-6-5-8(12)7-13/h1-4,8,13H,5-7,12H2. The van der Waals surface area contributed by atoms with E-state index in [0.29, 0.717) is 0 Å². The fraction of sp³-hybridized carbons (Fsp3) is 0.400. The first-order valence-corrected chi connectivity index (χ1v) is 5.84. The van der Waals surface area contributed by atoms with E-state index in [-0.39, 0.29) is 12.6 Å². The topological polar surface area (TPSA) is 46.2 Å². The zero-order valence-corrected chi connectivity index (χ0v) is 9.39. The lowest BCUT2D eigenvalue weighted by Gasteiger charge is -2.07. The van der Waals surface area contributed by atoms with Crippen molar-refractivity contribution in [3.8, 4) is 0 Å². The summed E-state index contributed by atoms with van der Waals surface area (Å²) in [5, 5.41) is 9.50. The second-order valence-electron chi connectivity index (χ2n) is 3.01. The summed E-state index contributed by atoms with van der Waals surface area (Å²) in [6, 6.07) is 7.60. The number of hydrogen-bond acceptors (Lipinski definition) is 3. The highest BCUT2D eigenvalue weighted by Crippen LogP contribution is 2.26. The molecule has 1 aromatic rings. The molecule has 0 radical (unpaired) electrons. The van der Waals surface area contributed by atoms with Gasteiger partial charge in [0.1, 0.15) is 0 Å². The minimum absolute atomic E-state index is 0.0447. The molecule has 0 bridgehead atoms. The summed E-state index contributed by atoms with van der Waals surface area (Å²) in [7, 11) is 0. The van der Waals surface area contributed by atoms with Gasteiger partial charge in [-0.25, -0.2) is 0 Å². The van der Waals surface area contributed by atoms with Crippen LogP contribution in [0.1, 0.15) is 6.42 Å². The first kappa shape index (κ1) is 11.9.